The molecule has 424 valence electrons. The number of hydrazine groups is 1. The standard InChI is InChI=1S/C52H82N4O19/c1-30-18-16-14-12-10-8-6-7-9-11-13-15-17-19-37(74-50-48(67)45(47(66)33(4)73-50)54-42(63)22-23-53)27-41-44(49(68)55-56-51(69)71-5)40(62)29-52(70,75-41)28-36(59)25-39(61)38(60)21-20-34(57)24-35(58)26-43(64)72-32(3)31(2)46(30)65/h6-19,30-41,44-48,50,57-62,65-67,70H,20-29,53H2,1-5H3,(H,54,63)(H,55,68)(H,56,69)/b7-6-,10-8-,11-9-,14-12-,15-13-,18-16-,19-17+/t30-,31-,32-,33+,34+,35+,36-,37-,38+,39+,40-,41-,44+,45-,46+,47+,48-,50-,52+/m0/s1. The van der Waals surface area contributed by atoms with Gasteiger partial charge in [0.25, 0.3) is 0 Å². The van der Waals surface area contributed by atoms with Gasteiger partial charge in [-0.1, -0.05) is 98.9 Å². The van der Waals surface area contributed by atoms with Crippen LogP contribution >= 0.6 is 0 Å². The van der Waals surface area contributed by atoms with Crippen LogP contribution in [0.2, 0.25) is 0 Å². The fraction of sp³-hybridized carbons (Fsp3) is 0.654. The third-order valence-corrected chi connectivity index (χ3v) is 13.2. The summed E-state index contributed by atoms with van der Waals surface area (Å²) in [4.78, 5) is 50.8. The smallest absolute Gasteiger partial charge is 0.425 e. The molecule has 0 aromatic heterocycles. The molecule has 3 aliphatic heterocycles. The predicted molar refractivity (Wildman–Crippen MR) is 271 cm³/mol. The van der Waals surface area contributed by atoms with Gasteiger partial charge in [0.15, 0.2) is 12.1 Å². The van der Waals surface area contributed by atoms with Gasteiger partial charge in [-0.2, -0.15) is 0 Å². The topological polar surface area (TPSA) is 379 Å². The van der Waals surface area contributed by atoms with Gasteiger partial charge in [-0.15, -0.1) is 0 Å². The third kappa shape index (κ3) is 22.4. The second-order valence-corrected chi connectivity index (χ2v) is 19.4. The highest BCUT2D eigenvalue weighted by molar-refractivity contribution is 5.82. The maximum absolute atomic E-state index is 13.7. The number of aliphatic hydroxyl groups excluding tert-OH is 9. The van der Waals surface area contributed by atoms with Gasteiger partial charge in [0.05, 0.1) is 86.5 Å². The van der Waals surface area contributed by atoms with E-state index in [1.54, 1.807) is 86.8 Å². The van der Waals surface area contributed by atoms with E-state index in [0.29, 0.717) is 0 Å². The van der Waals surface area contributed by atoms with E-state index >= 15 is 0 Å². The zero-order valence-electron chi connectivity index (χ0n) is 43.3. The maximum Gasteiger partial charge on any atom is 0.425 e. The number of rotatable bonds is 6. The van der Waals surface area contributed by atoms with Crippen LogP contribution in [0.4, 0.5) is 4.79 Å². The molecule has 15 N–H and O–H groups in total. The summed E-state index contributed by atoms with van der Waals surface area (Å²) in [6.07, 6.45) is 0.497. The molecule has 0 radical (unpaired) electrons. The quantitative estimate of drug-likeness (QED) is 0.118. The van der Waals surface area contributed by atoms with Crippen LogP contribution < -0.4 is 21.9 Å². The number of amides is 3. The number of hydrogen-bond acceptors (Lipinski definition) is 20. The lowest BCUT2D eigenvalue weighted by molar-refractivity contribution is -0.307. The molecule has 2 bridgehead atoms. The molecule has 3 heterocycles. The summed E-state index contributed by atoms with van der Waals surface area (Å²) in [6.45, 7) is 6.66. The van der Waals surface area contributed by atoms with Gasteiger partial charge in [0.2, 0.25) is 11.8 Å². The molecular formula is C52H82N4O19. The van der Waals surface area contributed by atoms with E-state index in [1.807, 2.05) is 18.4 Å². The number of nitrogens with two attached hydrogens (primary N) is 1. The number of cyclic esters (lactones) is 1. The number of aliphatic hydroxyl groups is 10. The first-order valence-electron chi connectivity index (χ1n) is 25.3. The highest BCUT2D eigenvalue weighted by Crippen LogP contribution is 2.38. The Morgan fingerprint density at radius 2 is 1.29 bits per heavy atom. The van der Waals surface area contributed by atoms with Gasteiger partial charge in [0.1, 0.15) is 18.3 Å². The van der Waals surface area contributed by atoms with Crippen LogP contribution in [-0.4, -0.2) is 186 Å². The van der Waals surface area contributed by atoms with E-state index < -0.39 is 165 Å². The normalized spacial score (nSPS) is 40.7. The number of carbonyl (C=O) groups excluding carboxylic acids is 4. The molecule has 0 aromatic carbocycles. The van der Waals surface area contributed by atoms with Crippen molar-refractivity contribution in [3.63, 3.8) is 0 Å². The number of fused-ring (bicyclic) bond motifs is 2. The van der Waals surface area contributed by atoms with Crippen LogP contribution in [0, 0.1) is 17.8 Å². The van der Waals surface area contributed by atoms with Crippen molar-refractivity contribution in [1.29, 1.82) is 0 Å². The van der Waals surface area contributed by atoms with Crippen molar-refractivity contribution in [3.05, 3.63) is 85.1 Å². The lowest BCUT2D eigenvalue weighted by atomic mass is 9.82. The maximum atomic E-state index is 13.7. The highest BCUT2D eigenvalue weighted by atomic mass is 16.7. The molecule has 0 spiro atoms. The Balaban J connectivity index is 1.99. The van der Waals surface area contributed by atoms with Crippen molar-refractivity contribution in [2.45, 2.75) is 183 Å². The first-order valence-corrected chi connectivity index (χ1v) is 25.3. The van der Waals surface area contributed by atoms with Gasteiger partial charge in [-0.05, 0) is 33.1 Å². The molecule has 3 aliphatic rings. The van der Waals surface area contributed by atoms with Gasteiger partial charge in [-0.25, -0.2) is 10.2 Å². The Morgan fingerprint density at radius 1 is 0.693 bits per heavy atom. The Bertz CT molecular complexity index is 1980. The number of esters is 1. The van der Waals surface area contributed by atoms with Crippen molar-refractivity contribution in [2.24, 2.45) is 23.5 Å². The summed E-state index contributed by atoms with van der Waals surface area (Å²) in [5.74, 6) is -7.06. The molecule has 2 fully saturated rings. The molecule has 0 aliphatic carbocycles. The second kappa shape index (κ2) is 32.8. The van der Waals surface area contributed by atoms with Crippen LogP contribution in [0.3, 0.4) is 0 Å². The minimum Gasteiger partial charge on any atom is -0.462 e. The van der Waals surface area contributed by atoms with E-state index in [2.05, 4.69) is 15.5 Å². The van der Waals surface area contributed by atoms with Crippen molar-refractivity contribution in [3.8, 4) is 0 Å². The number of nitrogens with one attached hydrogen (secondary N) is 3. The molecule has 3 amide bonds. The van der Waals surface area contributed by atoms with E-state index in [0.717, 1.165) is 7.11 Å². The van der Waals surface area contributed by atoms with Gasteiger partial charge in [0, 0.05) is 50.5 Å². The van der Waals surface area contributed by atoms with Crippen LogP contribution in [0.5, 0.6) is 0 Å². The largest absolute Gasteiger partial charge is 0.462 e. The molecule has 0 aromatic rings. The Kier molecular flexibility index (Phi) is 28.2. The Morgan fingerprint density at radius 3 is 1.89 bits per heavy atom. The first-order chi connectivity index (χ1) is 35.5. The molecular weight excluding hydrogens is 985 g/mol. The fourth-order valence-corrected chi connectivity index (χ4v) is 8.76. The average molecular weight is 1070 g/mol. The number of carbonyl (C=O) groups is 4. The van der Waals surface area contributed by atoms with Gasteiger partial charge in [-0.3, -0.25) is 19.8 Å². The zero-order valence-corrected chi connectivity index (χ0v) is 43.3. The van der Waals surface area contributed by atoms with Crippen LogP contribution in [-0.2, 0) is 38.1 Å². The molecule has 75 heavy (non-hydrogen) atoms. The van der Waals surface area contributed by atoms with Crippen molar-refractivity contribution in [1.82, 2.24) is 16.2 Å². The van der Waals surface area contributed by atoms with Gasteiger partial charge >= 0.3 is 12.1 Å². The lowest BCUT2D eigenvalue weighted by Gasteiger charge is -2.46. The third-order valence-electron chi connectivity index (χ3n) is 13.2. The summed E-state index contributed by atoms with van der Waals surface area (Å²) in [5, 5.41) is 113. The van der Waals surface area contributed by atoms with E-state index in [1.165, 1.54) is 13.0 Å². The van der Waals surface area contributed by atoms with Crippen molar-refractivity contribution < 1.29 is 93.9 Å². The summed E-state index contributed by atoms with van der Waals surface area (Å²) in [6, 6.07) is -1.28. The van der Waals surface area contributed by atoms with E-state index in [9.17, 15) is 70.2 Å². The van der Waals surface area contributed by atoms with Crippen LogP contribution in [0.15, 0.2) is 85.1 Å². The van der Waals surface area contributed by atoms with Gasteiger partial charge < -0.3 is 85.8 Å². The molecule has 2 saturated heterocycles. The summed E-state index contributed by atoms with van der Waals surface area (Å²) >= 11 is 0. The predicted octanol–water partition coefficient (Wildman–Crippen LogP) is -0.479. The molecule has 23 heteroatoms. The minimum absolute atomic E-state index is 0.00945. The molecule has 23 nitrogen and oxygen atoms in total. The number of hydrogen-bond donors (Lipinski definition) is 14. The van der Waals surface area contributed by atoms with Crippen LogP contribution in [0.1, 0.15) is 85.5 Å². The number of ether oxygens (including phenoxy) is 5. The Hall–Kier alpha value is -4.70. The van der Waals surface area contributed by atoms with Crippen molar-refractivity contribution >= 4 is 23.9 Å². The second-order valence-electron chi connectivity index (χ2n) is 19.4. The molecule has 19 atom stereocenters. The fourth-order valence-electron chi connectivity index (χ4n) is 8.76. The van der Waals surface area contributed by atoms with E-state index in [4.69, 9.17) is 24.7 Å². The average Bonchev–Trinajstić information content (AvgIpc) is 3.33. The summed E-state index contributed by atoms with van der Waals surface area (Å²) in [5.41, 5.74) is 9.69. The molecule has 0 unspecified atom stereocenters. The lowest BCUT2D eigenvalue weighted by Crippen LogP contribution is -2.64. The minimum atomic E-state index is -2.41. The van der Waals surface area contributed by atoms with Crippen LogP contribution in [0.25, 0.3) is 0 Å². The molecule has 0 saturated carbocycles. The highest BCUT2D eigenvalue weighted by Gasteiger charge is 2.51. The Labute approximate surface area is 438 Å². The number of methoxy groups -OCH3 is 1. The van der Waals surface area contributed by atoms with E-state index in [-0.39, 0.29) is 38.1 Å². The first kappa shape index (κ1) is 64.6. The zero-order chi connectivity index (χ0) is 55.8. The monoisotopic (exact) mass is 1070 g/mol. The molecule has 3 rings (SSSR count). The number of allylic oxidation sites excluding steroid dienone is 12. The van der Waals surface area contributed by atoms with Crippen molar-refractivity contribution in [2.75, 3.05) is 13.7 Å². The summed E-state index contributed by atoms with van der Waals surface area (Å²) in [7, 11) is 1.04. The summed E-state index contributed by atoms with van der Waals surface area (Å²) < 4.78 is 28.2. The SMILES string of the molecule is COC(=O)NNC(=O)[C@H]1[C@@H]2C[C@@H](O[C@@H]3O[C@H](C)[C@@H](O)[C@H](NC(=O)CCN)[C@@H]3O)/C=C/C=C\C=C/C=C\C=C/C=C\C=C/[C@H](C)[C@@H](O)[C@@H](C)[C@H](C)OC(=O)C[C@H](O)C[C@H](O)CC[C@@H](O)[C@H](O)C[C@H](O)C[C@](O)(C[C@@H]1O)O2.